The summed E-state index contributed by atoms with van der Waals surface area (Å²) in [4.78, 5) is 0. The van der Waals surface area contributed by atoms with E-state index in [0.717, 1.165) is 5.75 Å². The Morgan fingerprint density at radius 1 is 1.54 bits per heavy atom. The zero-order chi connectivity index (χ0) is 9.90. The summed E-state index contributed by atoms with van der Waals surface area (Å²) >= 11 is 1.91. The molecule has 0 aromatic carbocycles. The maximum atomic E-state index is 8.77. The van der Waals surface area contributed by atoms with Gasteiger partial charge in [0.25, 0.3) is 0 Å². The van der Waals surface area contributed by atoms with E-state index in [0.29, 0.717) is 23.3 Å². The van der Waals surface area contributed by atoms with Gasteiger partial charge in [0.15, 0.2) is 0 Å². The van der Waals surface area contributed by atoms with Crippen LogP contribution in [-0.4, -0.2) is 35.8 Å². The smallest absolute Gasteiger partial charge is 0.0521 e. The zero-order valence-electron chi connectivity index (χ0n) is 8.84. The third kappa shape index (κ3) is 2.61. The predicted octanol–water partition coefficient (Wildman–Crippen LogP) is 1.49. The van der Waals surface area contributed by atoms with Crippen LogP contribution >= 0.6 is 11.8 Å². The van der Waals surface area contributed by atoms with Crippen molar-refractivity contribution >= 4 is 11.8 Å². The summed E-state index contributed by atoms with van der Waals surface area (Å²) in [6, 6.07) is 0.601. The maximum absolute atomic E-state index is 8.77. The van der Waals surface area contributed by atoms with E-state index in [-0.39, 0.29) is 0 Å². The number of nitrogens with one attached hydrogen (secondary N) is 1. The number of rotatable bonds is 4. The summed E-state index contributed by atoms with van der Waals surface area (Å²) in [7, 11) is 2.05. The molecule has 0 radical (unpaired) electrons. The number of aliphatic hydroxyl groups is 1. The predicted molar refractivity (Wildman–Crippen MR) is 59.2 cm³/mol. The van der Waals surface area contributed by atoms with Crippen molar-refractivity contribution in [2.45, 2.75) is 38.0 Å². The number of hydrogen-bond acceptors (Lipinski definition) is 3. The molecule has 2 N–H and O–H groups in total. The second kappa shape index (κ2) is 4.67. The Labute approximate surface area is 85.5 Å². The molecule has 0 aromatic rings. The number of hydrogen-bond donors (Lipinski definition) is 2. The quantitative estimate of drug-likeness (QED) is 0.726. The molecule has 1 rings (SSSR count). The lowest BCUT2D eigenvalue weighted by Crippen LogP contribution is -2.41. The zero-order valence-corrected chi connectivity index (χ0v) is 9.66. The van der Waals surface area contributed by atoms with Crippen molar-refractivity contribution < 1.29 is 5.11 Å². The topological polar surface area (TPSA) is 32.3 Å². The third-order valence-electron chi connectivity index (χ3n) is 3.02. The first kappa shape index (κ1) is 11.3. The van der Waals surface area contributed by atoms with Gasteiger partial charge in [0.1, 0.15) is 0 Å². The summed E-state index contributed by atoms with van der Waals surface area (Å²) in [6.07, 6.45) is 2.57. The van der Waals surface area contributed by atoms with E-state index in [4.69, 9.17) is 5.11 Å². The van der Waals surface area contributed by atoms with Crippen LogP contribution in [0.25, 0.3) is 0 Å². The van der Waals surface area contributed by atoms with Crippen molar-refractivity contribution in [3.05, 3.63) is 0 Å². The maximum Gasteiger partial charge on any atom is 0.0521 e. The summed E-state index contributed by atoms with van der Waals surface area (Å²) in [5.41, 5.74) is 0.419. The molecule has 0 amide bonds. The van der Waals surface area contributed by atoms with Gasteiger partial charge in [0, 0.05) is 17.0 Å². The Morgan fingerprint density at radius 2 is 2.23 bits per heavy atom. The second-order valence-electron chi connectivity index (χ2n) is 4.43. The molecular weight excluding hydrogens is 182 g/mol. The van der Waals surface area contributed by atoms with Gasteiger partial charge in [-0.25, -0.2) is 0 Å². The lowest BCUT2D eigenvalue weighted by molar-refractivity contribution is 0.299. The average molecular weight is 203 g/mol. The molecule has 2 atom stereocenters. The van der Waals surface area contributed by atoms with Crippen LogP contribution in [0.3, 0.4) is 0 Å². The minimum absolute atomic E-state index is 0.304. The highest BCUT2D eigenvalue weighted by atomic mass is 32.2. The molecule has 0 saturated heterocycles. The van der Waals surface area contributed by atoms with Crippen LogP contribution in [0.15, 0.2) is 0 Å². The van der Waals surface area contributed by atoms with Gasteiger partial charge in [-0.2, -0.15) is 11.8 Å². The molecule has 0 bridgehead atoms. The van der Waals surface area contributed by atoms with E-state index in [1.54, 1.807) is 0 Å². The Kier molecular flexibility index (Phi) is 4.07. The van der Waals surface area contributed by atoms with E-state index in [1.807, 2.05) is 18.8 Å². The monoisotopic (exact) mass is 203 g/mol. The molecule has 2 nitrogen and oxygen atoms in total. The molecule has 0 aliphatic heterocycles. The van der Waals surface area contributed by atoms with Crippen LogP contribution in [0.4, 0.5) is 0 Å². The van der Waals surface area contributed by atoms with Gasteiger partial charge in [0.05, 0.1) is 6.61 Å². The molecule has 2 unspecified atom stereocenters. The fourth-order valence-electron chi connectivity index (χ4n) is 2.30. The fourth-order valence-corrected chi connectivity index (χ4v) is 3.69. The molecule has 13 heavy (non-hydrogen) atoms. The van der Waals surface area contributed by atoms with E-state index < -0.39 is 0 Å². The van der Waals surface area contributed by atoms with Crippen LogP contribution in [0.1, 0.15) is 26.7 Å². The molecule has 0 spiro atoms. The lowest BCUT2D eigenvalue weighted by atomic mass is 9.87. The van der Waals surface area contributed by atoms with Gasteiger partial charge in [0.2, 0.25) is 0 Å². The summed E-state index contributed by atoms with van der Waals surface area (Å²) < 4.78 is 0. The highest BCUT2D eigenvalue weighted by Crippen LogP contribution is 2.42. The van der Waals surface area contributed by atoms with Crippen LogP contribution in [0, 0.1) is 5.41 Å². The molecule has 0 aromatic heterocycles. The molecule has 0 heterocycles. The van der Waals surface area contributed by atoms with Gasteiger partial charge in [-0.05, 0) is 25.3 Å². The fraction of sp³-hybridized carbons (Fsp3) is 1.00. The highest BCUT2D eigenvalue weighted by molar-refractivity contribution is 8.00. The standard InChI is InChI=1S/C10H21NOS/c1-10(2)5-4-8(9(10)11-3)13-7-6-12/h8-9,11-12H,4-7H2,1-3H3. The van der Waals surface area contributed by atoms with E-state index in [9.17, 15) is 0 Å². The first-order valence-electron chi connectivity index (χ1n) is 5.01. The van der Waals surface area contributed by atoms with E-state index in [1.165, 1.54) is 12.8 Å². The van der Waals surface area contributed by atoms with Crippen LogP contribution in [-0.2, 0) is 0 Å². The minimum atomic E-state index is 0.304. The molecule has 1 aliphatic carbocycles. The van der Waals surface area contributed by atoms with E-state index in [2.05, 4.69) is 19.2 Å². The van der Waals surface area contributed by atoms with Gasteiger partial charge in [-0.1, -0.05) is 13.8 Å². The lowest BCUT2D eigenvalue weighted by Gasteiger charge is -2.30. The summed E-state index contributed by atoms with van der Waals surface area (Å²) in [6.45, 7) is 4.96. The van der Waals surface area contributed by atoms with Crippen molar-refractivity contribution in [3.8, 4) is 0 Å². The van der Waals surface area contributed by atoms with Crippen LogP contribution in [0.2, 0.25) is 0 Å². The Morgan fingerprint density at radius 3 is 2.77 bits per heavy atom. The minimum Gasteiger partial charge on any atom is -0.396 e. The van der Waals surface area contributed by atoms with Crippen molar-refractivity contribution in [2.75, 3.05) is 19.4 Å². The molecule has 78 valence electrons. The number of aliphatic hydroxyl groups excluding tert-OH is 1. The van der Waals surface area contributed by atoms with Gasteiger partial charge in [-0.15, -0.1) is 0 Å². The average Bonchev–Trinajstić information content (AvgIpc) is 2.37. The van der Waals surface area contributed by atoms with Crippen molar-refractivity contribution in [1.29, 1.82) is 0 Å². The van der Waals surface area contributed by atoms with Crippen LogP contribution < -0.4 is 5.32 Å². The molecule has 3 heteroatoms. The molecular formula is C10H21NOS. The molecule has 1 fully saturated rings. The highest BCUT2D eigenvalue weighted by Gasteiger charge is 2.40. The largest absolute Gasteiger partial charge is 0.396 e. The second-order valence-corrected chi connectivity index (χ2v) is 5.77. The van der Waals surface area contributed by atoms with E-state index >= 15 is 0 Å². The van der Waals surface area contributed by atoms with Crippen molar-refractivity contribution in [1.82, 2.24) is 5.32 Å². The number of thioether (sulfide) groups is 1. The normalized spacial score (nSPS) is 32.3. The molecule has 1 saturated carbocycles. The van der Waals surface area contributed by atoms with Gasteiger partial charge < -0.3 is 10.4 Å². The van der Waals surface area contributed by atoms with Crippen LogP contribution in [0.5, 0.6) is 0 Å². The first-order valence-corrected chi connectivity index (χ1v) is 6.06. The Hall–Kier alpha value is 0.270. The van der Waals surface area contributed by atoms with Gasteiger partial charge in [-0.3, -0.25) is 0 Å². The van der Waals surface area contributed by atoms with Crippen molar-refractivity contribution in [2.24, 2.45) is 5.41 Å². The molecule has 1 aliphatic rings. The summed E-state index contributed by atoms with van der Waals surface area (Å²) in [5, 5.41) is 12.9. The third-order valence-corrected chi connectivity index (χ3v) is 4.38. The summed E-state index contributed by atoms with van der Waals surface area (Å²) in [5.74, 6) is 0.874. The Bertz CT molecular complexity index is 161. The first-order chi connectivity index (χ1) is 6.11. The SMILES string of the molecule is CNC1C(SCCO)CCC1(C)C. The van der Waals surface area contributed by atoms with Crippen molar-refractivity contribution in [3.63, 3.8) is 0 Å². The Balaban J connectivity index is 2.48. The van der Waals surface area contributed by atoms with Gasteiger partial charge >= 0.3 is 0 Å².